The van der Waals surface area contributed by atoms with Gasteiger partial charge < -0.3 is 19.1 Å². The van der Waals surface area contributed by atoms with Crippen LogP contribution in [0.3, 0.4) is 0 Å². The summed E-state index contributed by atoms with van der Waals surface area (Å²) in [6, 6.07) is 9.27. The van der Waals surface area contributed by atoms with Gasteiger partial charge in [-0.3, -0.25) is 0 Å². The molecule has 2 saturated heterocycles. The molecular formula is C22H18Cl3N5O2. The third-order valence-electron chi connectivity index (χ3n) is 5.54. The average Bonchev–Trinajstić information content (AvgIpc) is 3.17. The fourth-order valence-corrected chi connectivity index (χ4v) is 4.36. The summed E-state index contributed by atoms with van der Waals surface area (Å²) in [7, 11) is 0. The quantitative estimate of drug-likeness (QED) is 0.373. The lowest BCUT2D eigenvalue weighted by molar-refractivity contribution is 0.106. The number of piperazine rings is 1. The second kappa shape index (κ2) is 8.70. The molecule has 2 fully saturated rings. The minimum Gasteiger partial charge on any atom is -0.422 e. The van der Waals surface area contributed by atoms with Crippen LogP contribution in [0, 0.1) is 17.8 Å². The van der Waals surface area contributed by atoms with Gasteiger partial charge in [0, 0.05) is 39.3 Å². The van der Waals surface area contributed by atoms with Crippen molar-refractivity contribution in [1.29, 1.82) is 0 Å². The molecule has 0 saturated carbocycles. The maximum absolute atomic E-state index is 12.8. The molecule has 4 heterocycles. The van der Waals surface area contributed by atoms with Crippen molar-refractivity contribution in [3.63, 3.8) is 0 Å². The van der Waals surface area contributed by atoms with Gasteiger partial charge in [0.05, 0.1) is 21.5 Å². The van der Waals surface area contributed by atoms with Crippen LogP contribution in [0.2, 0.25) is 15.2 Å². The molecule has 2 amide bonds. The number of pyridine rings is 1. The van der Waals surface area contributed by atoms with Gasteiger partial charge in [0.25, 0.3) is 6.01 Å². The lowest BCUT2D eigenvalue weighted by Gasteiger charge is -2.42. The molecule has 32 heavy (non-hydrogen) atoms. The Labute approximate surface area is 199 Å². The van der Waals surface area contributed by atoms with Crippen molar-refractivity contribution in [2.75, 3.05) is 44.2 Å². The van der Waals surface area contributed by atoms with Gasteiger partial charge in [-0.15, -0.1) is 0 Å². The molecule has 2 aromatic heterocycles. The molecule has 3 aromatic rings. The fraction of sp³-hybridized carbons (Fsp3) is 0.318. The standard InChI is InChI=1S/C22H18Cl3N5O2/c23-16-2-1-3-17(24)15(16)5-4-14-12-30(13-14)22(31)29-10-8-28(9-11-29)21-27-20-18(32-21)6-7-19(25)26-20/h1-3,6-7,14H,8-13H2. The van der Waals surface area contributed by atoms with E-state index in [0.29, 0.717) is 77.3 Å². The zero-order valence-corrected chi connectivity index (χ0v) is 19.2. The van der Waals surface area contributed by atoms with Crippen molar-refractivity contribution in [2.45, 2.75) is 0 Å². The minimum absolute atomic E-state index is 0.0319. The number of aromatic nitrogens is 2. The number of hydrogen-bond acceptors (Lipinski definition) is 5. The van der Waals surface area contributed by atoms with Gasteiger partial charge in [-0.2, -0.15) is 4.98 Å². The number of amides is 2. The predicted octanol–water partition coefficient (Wildman–Crippen LogP) is 4.41. The monoisotopic (exact) mass is 489 g/mol. The summed E-state index contributed by atoms with van der Waals surface area (Å²) in [5.41, 5.74) is 1.71. The number of hydrogen-bond donors (Lipinski definition) is 0. The van der Waals surface area contributed by atoms with Gasteiger partial charge >= 0.3 is 6.03 Å². The molecule has 0 bridgehead atoms. The Morgan fingerprint density at radius 3 is 2.41 bits per heavy atom. The minimum atomic E-state index is 0.0319. The van der Waals surface area contributed by atoms with E-state index in [4.69, 9.17) is 39.2 Å². The Kier molecular flexibility index (Phi) is 5.76. The third-order valence-corrected chi connectivity index (χ3v) is 6.39. The van der Waals surface area contributed by atoms with Crippen LogP contribution in [0.25, 0.3) is 11.2 Å². The van der Waals surface area contributed by atoms with E-state index in [0.717, 1.165) is 0 Å². The van der Waals surface area contributed by atoms with Crippen LogP contribution in [0.5, 0.6) is 0 Å². The van der Waals surface area contributed by atoms with Crippen molar-refractivity contribution >= 4 is 58.1 Å². The summed E-state index contributed by atoms with van der Waals surface area (Å²) in [5.74, 6) is 6.35. The molecule has 164 valence electrons. The Hall–Kier alpha value is -2.66. The highest BCUT2D eigenvalue weighted by molar-refractivity contribution is 6.36. The summed E-state index contributed by atoms with van der Waals surface area (Å²) in [6.07, 6.45) is 0. The van der Waals surface area contributed by atoms with Crippen LogP contribution in [0.1, 0.15) is 5.56 Å². The number of benzene rings is 1. The van der Waals surface area contributed by atoms with Crippen molar-refractivity contribution in [3.8, 4) is 11.8 Å². The first-order valence-electron chi connectivity index (χ1n) is 10.2. The average molecular weight is 491 g/mol. The number of anilines is 1. The van der Waals surface area contributed by atoms with E-state index in [-0.39, 0.29) is 11.9 Å². The molecule has 0 unspecified atom stereocenters. The fourth-order valence-electron chi connectivity index (χ4n) is 3.73. The van der Waals surface area contributed by atoms with Gasteiger partial charge in [-0.05, 0) is 24.3 Å². The first-order valence-corrected chi connectivity index (χ1v) is 11.3. The van der Waals surface area contributed by atoms with Crippen LogP contribution >= 0.6 is 34.8 Å². The maximum atomic E-state index is 12.8. The van der Waals surface area contributed by atoms with Crippen LogP contribution < -0.4 is 4.90 Å². The van der Waals surface area contributed by atoms with Gasteiger partial charge in [0.1, 0.15) is 5.15 Å². The lowest BCUT2D eigenvalue weighted by Crippen LogP contribution is -2.58. The third kappa shape index (κ3) is 4.18. The Morgan fingerprint density at radius 2 is 1.69 bits per heavy atom. The van der Waals surface area contributed by atoms with Crippen molar-refractivity contribution < 1.29 is 9.21 Å². The Bertz CT molecular complexity index is 1220. The van der Waals surface area contributed by atoms with Crippen LogP contribution in [0.4, 0.5) is 10.8 Å². The Morgan fingerprint density at radius 1 is 0.969 bits per heavy atom. The van der Waals surface area contributed by atoms with E-state index in [1.54, 1.807) is 30.3 Å². The number of likely N-dealkylation sites (tertiary alicyclic amines) is 1. The van der Waals surface area contributed by atoms with Crippen LogP contribution in [-0.4, -0.2) is 65.1 Å². The van der Waals surface area contributed by atoms with E-state index in [1.807, 2.05) is 14.7 Å². The molecule has 1 aromatic carbocycles. The number of carbonyl (C=O) groups excluding carboxylic acids is 1. The van der Waals surface area contributed by atoms with Gasteiger partial charge in [0.15, 0.2) is 5.58 Å². The molecule has 7 nitrogen and oxygen atoms in total. The van der Waals surface area contributed by atoms with Crippen molar-refractivity contribution in [3.05, 3.63) is 51.1 Å². The van der Waals surface area contributed by atoms with Crippen LogP contribution in [0.15, 0.2) is 34.7 Å². The summed E-state index contributed by atoms with van der Waals surface area (Å²) >= 11 is 18.2. The van der Waals surface area contributed by atoms with E-state index < -0.39 is 0 Å². The number of carbonyl (C=O) groups is 1. The second-order valence-corrected chi connectivity index (χ2v) is 8.88. The second-order valence-electron chi connectivity index (χ2n) is 7.68. The van der Waals surface area contributed by atoms with Crippen molar-refractivity contribution in [1.82, 2.24) is 19.8 Å². The number of halogens is 3. The zero-order chi connectivity index (χ0) is 22.2. The molecule has 2 aliphatic heterocycles. The summed E-state index contributed by atoms with van der Waals surface area (Å²) in [6.45, 7) is 3.65. The highest BCUT2D eigenvalue weighted by atomic mass is 35.5. The predicted molar refractivity (Wildman–Crippen MR) is 124 cm³/mol. The molecule has 0 spiro atoms. The largest absolute Gasteiger partial charge is 0.422 e. The smallest absolute Gasteiger partial charge is 0.320 e. The summed E-state index contributed by atoms with van der Waals surface area (Å²) < 4.78 is 5.78. The number of fused-ring (bicyclic) bond motifs is 1. The first-order chi connectivity index (χ1) is 15.5. The van der Waals surface area contributed by atoms with E-state index >= 15 is 0 Å². The number of urea groups is 1. The van der Waals surface area contributed by atoms with Crippen LogP contribution in [-0.2, 0) is 0 Å². The molecule has 10 heteroatoms. The highest BCUT2D eigenvalue weighted by Crippen LogP contribution is 2.25. The molecular weight excluding hydrogens is 473 g/mol. The molecule has 0 aliphatic carbocycles. The molecule has 0 radical (unpaired) electrons. The number of rotatable bonds is 1. The molecule has 2 aliphatic rings. The summed E-state index contributed by atoms with van der Waals surface area (Å²) in [5, 5.41) is 1.45. The number of nitrogens with zero attached hydrogens (tertiary/aromatic N) is 5. The Balaban J connectivity index is 1.14. The van der Waals surface area contributed by atoms with Crippen molar-refractivity contribution in [2.24, 2.45) is 5.92 Å². The normalized spacial score (nSPS) is 16.7. The van der Waals surface area contributed by atoms with E-state index in [2.05, 4.69) is 21.8 Å². The SMILES string of the molecule is O=C(N1CCN(c2nc3nc(Cl)ccc3o2)CC1)N1CC(C#Cc2c(Cl)cccc2Cl)C1. The van der Waals surface area contributed by atoms with Gasteiger partial charge in [-0.1, -0.05) is 52.7 Å². The van der Waals surface area contributed by atoms with Gasteiger partial charge in [0.2, 0.25) is 5.65 Å². The lowest BCUT2D eigenvalue weighted by atomic mass is 10.0. The topological polar surface area (TPSA) is 65.7 Å². The first kappa shape index (κ1) is 21.2. The summed E-state index contributed by atoms with van der Waals surface area (Å²) in [4.78, 5) is 27.1. The molecule has 0 N–H and O–H groups in total. The van der Waals surface area contributed by atoms with E-state index in [1.165, 1.54) is 0 Å². The maximum Gasteiger partial charge on any atom is 0.320 e. The number of oxazole rings is 1. The van der Waals surface area contributed by atoms with E-state index in [9.17, 15) is 4.79 Å². The van der Waals surface area contributed by atoms with Gasteiger partial charge in [-0.25, -0.2) is 9.78 Å². The molecule has 0 atom stereocenters. The highest BCUT2D eigenvalue weighted by Gasteiger charge is 2.34. The molecule has 5 rings (SSSR count). The zero-order valence-electron chi connectivity index (χ0n) is 16.9.